The van der Waals surface area contributed by atoms with Gasteiger partial charge in [-0.25, -0.2) is 0 Å². The van der Waals surface area contributed by atoms with Crippen molar-refractivity contribution in [3.63, 3.8) is 0 Å². The molecule has 1 saturated heterocycles. The van der Waals surface area contributed by atoms with Crippen molar-refractivity contribution in [3.8, 4) is 0 Å². The number of carbonyl (C=O) groups excluding carboxylic acids is 1. The molecule has 1 aliphatic rings. The van der Waals surface area contributed by atoms with Gasteiger partial charge in [0.1, 0.15) is 0 Å². The van der Waals surface area contributed by atoms with Crippen LogP contribution in [-0.2, 0) is 4.79 Å². The second-order valence-corrected chi connectivity index (χ2v) is 6.72. The van der Waals surface area contributed by atoms with Gasteiger partial charge >= 0.3 is 0 Å². The molecule has 1 fully saturated rings. The summed E-state index contributed by atoms with van der Waals surface area (Å²) in [5.74, 6) is 0.881. The molecule has 0 bridgehead atoms. The molecule has 4 nitrogen and oxygen atoms in total. The third-order valence-electron chi connectivity index (χ3n) is 4.10. The Balaban J connectivity index is 2.60. The second kappa shape index (κ2) is 8.63. The number of likely N-dealkylation sites (tertiary alicyclic amines) is 1. The van der Waals surface area contributed by atoms with E-state index < -0.39 is 0 Å². The Morgan fingerprint density at radius 1 is 1.15 bits per heavy atom. The van der Waals surface area contributed by atoms with E-state index in [0.29, 0.717) is 24.9 Å². The summed E-state index contributed by atoms with van der Waals surface area (Å²) in [6.45, 7) is 12.2. The van der Waals surface area contributed by atoms with E-state index in [4.69, 9.17) is 5.73 Å². The SMILES string of the molecule is CC(C)CN(C(C)C)C(CN)CC(=O)N1CCCCC1. The number of hydrogen-bond donors (Lipinski definition) is 1. The highest BCUT2D eigenvalue weighted by Gasteiger charge is 2.26. The van der Waals surface area contributed by atoms with Crippen LogP contribution in [0.1, 0.15) is 53.4 Å². The molecule has 118 valence electrons. The highest BCUT2D eigenvalue weighted by atomic mass is 16.2. The maximum atomic E-state index is 12.4. The first kappa shape index (κ1) is 17.4. The number of nitrogens with zero attached hydrogens (tertiary/aromatic N) is 2. The van der Waals surface area contributed by atoms with Crippen LogP contribution in [0, 0.1) is 5.92 Å². The van der Waals surface area contributed by atoms with E-state index in [-0.39, 0.29) is 11.9 Å². The third kappa shape index (κ3) is 5.41. The van der Waals surface area contributed by atoms with Crippen LogP contribution in [-0.4, -0.2) is 54.0 Å². The van der Waals surface area contributed by atoms with Gasteiger partial charge in [-0.1, -0.05) is 13.8 Å². The molecule has 2 N–H and O–H groups in total. The fourth-order valence-corrected chi connectivity index (χ4v) is 3.01. The van der Waals surface area contributed by atoms with E-state index in [0.717, 1.165) is 32.5 Å². The van der Waals surface area contributed by atoms with Crippen molar-refractivity contribution >= 4 is 5.91 Å². The molecule has 0 aliphatic carbocycles. The van der Waals surface area contributed by atoms with E-state index in [1.165, 1.54) is 6.42 Å². The topological polar surface area (TPSA) is 49.6 Å². The minimum atomic E-state index is 0.173. The van der Waals surface area contributed by atoms with Gasteiger partial charge in [0, 0.05) is 44.7 Å². The van der Waals surface area contributed by atoms with Crippen LogP contribution in [0.4, 0.5) is 0 Å². The molecule has 1 aliphatic heterocycles. The first-order valence-corrected chi connectivity index (χ1v) is 8.19. The molecule has 1 heterocycles. The number of nitrogens with two attached hydrogens (primary N) is 1. The predicted molar refractivity (Wildman–Crippen MR) is 84.6 cm³/mol. The van der Waals surface area contributed by atoms with Crippen LogP contribution in [0.25, 0.3) is 0 Å². The van der Waals surface area contributed by atoms with Crippen LogP contribution in [0.15, 0.2) is 0 Å². The Bertz CT molecular complexity index is 285. The summed E-state index contributed by atoms with van der Waals surface area (Å²) in [7, 11) is 0. The zero-order valence-corrected chi connectivity index (χ0v) is 13.8. The smallest absolute Gasteiger partial charge is 0.224 e. The van der Waals surface area contributed by atoms with Gasteiger partial charge in [0.2, 0.25) is 5.91 Å². The van der Waals surface area contributed by atoms with E-state index >= 15 is 0 Å². The number of carbonyl (C=O) groups is 1. The van der Waals surface area contributed by atoms with Crippen molar-refractivity contribution in [2.24, 2.45) is 11.7 Å². The van der Waals surface area contributed by atoms with Crippen molar-refractivity contribution < 1.29 is 4.79 Å². The highest BCUT2D eigenvalue weighted by Crippen LogP contribution is 2.15. The molecule has 1 amide bonds. The summed E-state index contributed by atoms with van der Waals surface area (Å²) in [5.41, 5.74) is 5.95. The second-order valence-electron chi connectivity index (χ2n) is 6.72. The van der Waals surface area contributed by atoms with E-state index in [9.17, 15) is 4.79 Å². The Kier molecular flexibility index (Phi) is 7.52. The fourth-order valence-electron chi connectivity index (χ4n) is 3.01. The third-order valence-corrected chi connectivity index (χ3v) is 4.10. The summed E-state index contributed by atoms with van der Waals surface area (Å²) < 4.78 is 0. The monoisotopic (exact) mass is 283 g/mol. The molecule has 1 unspecified atom stereocenters. The molecule has 0 aromatic carbocycles. The molecular weight excluding hydrogens is 250 g/mol. The molecule has 1 rings (SSSR count). The molecule has 0 spiro atoms. The molecule has 0 radical (unpaired) electrons. The van der Waals surface area contributed by atoms with Gasteiger partial charge in [-0.15, -0.1) is 0 Å². The summed E-state index contributed by atoms with van der Waals surface area (Å²) in [5, 5.41) is 0. The van der Waals surface area contributed by atoms with E-state index in [1.807, 2.05) is 4.90 Å². The minimum Gasteiger partial charge on any atom is -0.343 e. The van der Waals surface area contributed by atoms with Gasteiger partial charge in [0.25, 0.3) is 0 Å². The number of hydrogen-bond acceptors (Lipinski definition) is 3. The Hall–Kier alpha value is -0.610. The lowest BCUT2D eigenvalue weighted by molar-refractivity contribution is -0.133. The van der Waals surface area contributed by atoms with Crippen molar-refractivity contribution in [2.45, 2.75) is 65.5 Å². The van der Waals surface area contributed by atoms with Crippen LogP contribution in [0.2, 0.25) is 0 Å². The van der Waals surface area contributed by atoms with Gasteiger partial charge < -0.3 is 10.6 Å². The average Bonchev–Trinajstić information content (AvgIpc) is 2.42. The van der Waals surface area contributed by atoms with Gasteiger partial charge in [-0.05, 0) is 39.0 Å². The van der Waals surface area contributed by atoms with Crippen molar-refractivity contribution in [1.82, 2.24) is 9.80 Å². The quantitative estimate of drug-likeness (QED) is 0.778. The lowest BCUT2D eigenvalue weighted by Gasteiger charge is -2.37. The Labute approximate surface area is 124 Å². The molecule has 0 aromatic rings. The summed E-state index contributed by atoms with van der Waals surface area (Å²) in [6, 6.07) is 0.604. The largest absolute Gasteiger partial charge is 0.343 e. The summed E-state index contributed by atoms with van der Waals surface area (Å²) in [6.07, 6.45) is 4.13. The minimum absolute atomic E-state index is 0.173. The summed E-state index contributed by atoms with van der Waals surface area (Å²) >= 11 is 0. The lowest BCUT2D eigenvalue weighted by Crippen LogP contribution is -2.49. The van der Waals surface area contributed by atoms with Crippen LogP contribution < -0.4 is 5.73 Å². The lowest BCUT2D eigenvalue weighted by atomic mass is 10.0. The normalized spacial score (nSPS) is 18.1. The average molecular weight is 283 g/mol. The molecule has 20 heavy (non-hydrogen) atoms. The van der Waals surface area contributed by atoms with Crippen molar-refractivity contribution in [3.05, 3.63) is 0 Å². The first-order chi connectivity index (χ1) is 9.45. The van der Waals surface area contributed by atoms with Crippen molar-refractivity contribution in [1.29, 1.82) is 0 Å². The highest BCUT2D eigenvalue weighted by molar-refractivity contribution is 5.77. The fraction of sp³-hybridized carbons (Fsp3) is 0.938. The van der Waals surface area contributed by atoms with Gasteiger partial charge in [-0.3, -0.25) is 9.69 Å². The molecular formula is C16H33N3O. The molecule has 4 heteroatoms. The van der Waals surface area contributed by atoms with Crippen LogP contribution in [0.5, 0.6) is 0 Å². The van der Waals surface area contributed by atoms with Crippen molar-refractivity contribution in [2.75, 3.05) is 26.2 Å². The van der Waals surface area contributed by atoms with E-state index in [1.54, 1.807) is 0 Å². The van der Waals surface area contributed by atoms with Gasteiger partial charge in [-0.2, -0.15) is 0 Å². The number of piperidine rings is 1. The van der Waals surface area contributed by atoms with E-state index in [2.05, 4.69) is 32.6 Å². The van der Waals surface area contributed by atoms with Gasteiger partial charge in [0.15, 0.2) is 0 Å². The molecule has 1 atom stereocenters. The zero-order valence-electron chi connectivity index (χ0n) is 13.8. The maximum absolute atomic E-state index is 12.4. The number of amides is 1. The Morgan fingerprint density at radius 2 is 1.75 bits per heavy atom. The summed E-state index contributed by atoms with van der Waals surface area (Å²) in [4.78, 5) is 16.8. The standard InChI is InChI=1S/C16H33N3O/c1-13(2)12-19(14(3)4)15(11-17)10-16(20)18-8-6-5-7-9-18/h13-15H,5-12,17H2,1-4H3. The first-order valence-electron chi connectivity index (χ1n) is 8.19. The molecule has 0 saturated carbocycles. The van der Waals surface area contributed by atoms with Gasteiger partial charge in [0.05, 0.1) is 0 Å². The Morgan fingerprint density at radius 3 is 2.20 bits per heavy atom. The maximum Gasteiger partial charge on any atom is 0.224 e. The van der Waals surface area contributed by atoms with Crippen LogP contribution in [0.3, 0.4) is 0 Å². The predicted octanol–water partition coefficient (Wildman–Crippen LogP) is 2.08. The van der Waals surface area contributed by atoms with Crippen LogP contribution >= 0.6 is 0 Å². The zero-order chi connectivity index (χ0) is 15.1. The molecule has 0 aromatic heterocycles. The number of rotatable bonds is 7.